The lowest BCUT2D eigenvalue weighted by Gasteiger charge is -2.28. The highest BCUT2D eigenvalue weighted by Gasteiger charge is 2.31. The van der Waals surface area contributed by atoms with Crippen LogP contribution in [-0.4, -0.2) is 66.8 Å². The van der Waals surface area contributed by atoms with Crippen LogP contribution in [-0.2, 0) is 11.0 Å². The molecule has 3 aromatic rings. The van der Waals surface area contributed by atoms with E-state index < -0.39 is 11.7 Å². The lowest BCUT2D eigenvalue weighted by molar-refractivity contribution is -0.138. The van der Waals surface area contributed by atoms with Gasteiger partial charge in [-0.3, -0.25) is 9.59 Å². The molecule has 34 heavy (non-hydrogen) atoms. The zero-order valence-corrected chi connectivity index (χ0v) is 18.7. The first-order chi connectivity index (χ1) is 16.1. The van der Waals surface area contributed by atoms with E-state index in [1.165, 1.54) is 0 Å². The van der Waals surface area contributed by atoms with Crippen LogP contribution in [0.5, 0.6) is 0 Å². The van der Waals surface area contributed by atoms with Crippen LogP contribution >= 0.6 is 0 Å². The number of nitrogens with zero attached hydrogens (tertiary/aromatic N) is 6. The van der Waals surface area contributed by atoms with Gasteiger partial charge in [0.1, 0.15) is 0 Å². The van der Waals surface area contributed by atoms with Gasteiger partial charge in [-0.25, -0.2) is 19.6 Å². The van der Waals surface area contributed by atoms with Crippen LogP contribution < -0.4 is 5.32 Å². The maximum absolute atomic E-state index is 13.2. The Labute approximate surface area is 193 Å². The third-order valence-electron chi connectivity index (χ3n) is 4.78. The lowest BCUT2D eigenvalue weighted by atomic mass is 10.1. The average molecular weight is 479 g/mol. The number of halogens is 3. The SMILES string of the molecule is CC[C@@H](CNc1ncc(C(F)(F)F)cn1)N(C)C(=O)c1nc(C)ccc1-n1cccn1.O=CO. The molecule has 0 aliphatic heterocycles. The second-order valence-corrected chi connectivity index (χ2v) is 7.03. The van der Waals surface area contributed by atoms with E-state index in [0.717, 1.165) is 12.4 Å². The van der Waals surface area contributed by atoms with E-state index in [4.69, 9.17) is 9.90 Å². The van der Waals surface area contributed by atoms with Crippen LogP contribution in [0.3, 0.4) is 0 Å². The van der Waals surface area contributed by atoms with Crippen molar-refractivity contribution in [3.63, 3.8) is 0 Å². The number of nitrogens with one attached hydrogen (secondary N) is 1. The second kappa shape index (κ2) is 11.7. The van der Waals surface area contributed by atoms with E-state index >= 15 is 0 Å². The van der Waals surface area contributed by atoms with Crippen molar-refractivity contribution in [1.82, 2.24) is 29.6 Å². The molecule has 0 saturated heterocycles. The number of hydrogen-bond acceptors (Lipinski definition) is 7. The fourth-order valence-corrected chi connectivity index (χ4v) is 2.97. The number of rotatable bonds is 7. The molecular formula is C21H24F3N7O3. The molecule has 0 aliphatic rings. The summed E-state index contributed by atoms with van der Waals surface area (Å²) in [6, 6.07) is 5.06. The summed E-state index contributed by atoms with van der Waals surface area (Å²) in [7, 11) is 1.66. The zero-order chi connectivity index (χ0) is 25.3. The number of pyridine rings is 1. The van der Waals surface area contributed by atoms with Crippen LogP contribution in [0.4, 0.5) is 19.1 Å². The van der Waals surface area contributed by atoms with Crippen molar-refractivity contribution in [1.29, 1.82) is 0 Å². The number of likely N-dealkylation sites (N-methyl/N-ethyl adjacent to an activating group) is 1. The molecule has 0 aliphatic carbocycles. The number of hydrogen-bond donors (Lipinski definition) is 2. The van der Waals surface area contributed by atoms with Crippen molar-refractivity contribution < 1.29 is 27.9 Å². The Kier molecular flexibility index (Phi) is 9.04. The summed E-state index contributed by atoms with van der Waals surface area (Å²) >= 11 is 0. The van der Waals surface area contributed by atoms with Gasteiger partial charge < -0.3 is 15.3 Å². The van der Waals surface area contributed by atoms with E-state index in [0.29, 0.717) is 17.8 Å². The molecule has 1 atom stereocenters. The van der Waals surface area contributed by atoms with E-state index in [1.54, 1.807) is 54.1 Å². The smallest absolute Gasteiger partial charge is 0.419 e. The van der Waals surface area contributed by atoms with Crippen molar-refractivity contribution in [2.45, 2.75) is 32.5 Å². The third-order valence-corrected chi connectivity index (χ3v) is 4.78. The van der Waals surface area contributed by atoms with E-state index in [1.807, 2.05) is 6.92 Å². The highest BCUT2D eigenvalue weighted by molar-refractivity contribution is 5.96. The van der Waals surface area contributed by atoms with E-state index in [-0.39, 0.29) is 36.6 Å². The zero-order valence-electron chi connectivity index (χ0n) is 18.7. The molecule has 0 spiro atoms. The van der Waals surface area contributed by atoms with Gasteiger partial charge in [-0.15, -0.1) is 0 Å². The summed E-state index contributed by atoms with van der Waals surface area (Å²) in [6.45, 7) is 3.71. The van der Waals surface area contributed by atoms with Gasteiger partial charge in [0.25, 0.3) is 12.4 Å². The van der Waals surface area contributed by atoms with Crippen molar-refractivity contribution in [3.8, 4) is 5.69 Å². The summed E-state index contributed by atoms with van der Waals surface area (Å²) in [5.41, 5.74) is 0.586. The van der Waals surface area contributed by atoms with Gasteiger partial charge in [-0.1, -0.05) is 6.92 Å². The predicted molar refractivity (Wildman–Crippen MR) is 116 cm³/mol. The minimum absolute atomic E-state index is 0.0539. The molecule has 1 amide bonds. The Morgan fingerprint density at radius 1 is 1.29 bits per heavy atom. The van der Waals surface area contributed by atoms with Crippen molar-refractivity contribution >= 4 is 18.3 Å². The quantitative estimate of drug-likeness (QED) is 0.495. The Morgan fingerprint density at radius 2 is 1.94 bits per heavy atom. The molecule has 182 valence electrons. The molecule has 0 radical (unpaired) electrons. The molecule has 3 aromatic heterocycles. The van der Waals surface area contributed by atoms with Crippen molar-refractivity contribution in [2.75, 3.05) is 18.9 Å². The molecule has 13 heteroatoms. The van der Waals surface area contributed by atoms with Crippen LogP contribution in [0.25, 0.3) is 5.69 Å². The fourth-order valence-electron chi connectivity index (χ4n) is 2.97. The molecule has 0 aromatic carbocycles. The number of aromatic nitrogens is 5. The molecule has 0 saturated carbocycles. The van der Waals surface area contributed by atoms with Gasteiger partial charge in [-0.05, 0) is 31.5 Å². The molecule has 2 N–H and O–H groups in total. The molecule has 10 nitrogen and oxygen atoms in total. The largest absolute Gasteiger partial charge is 0.483 e. The molecule has 3 rings (SSSR count). The second-order valence-electron chi connectivity index (χ2n) is 7.03. The summed E-state index contributed by atoms with van der Waals surface area (Å²) in [4.78, 5) is 34.9. The summed E-state index contributed by atoms with van der Waals surface area (Å²) < 4.78 is 39.5. The predicted octanol–water partition coefficient (Wildman–Crippen LogP) is 3.05. The average Bonchev–Trinajstić information content (AvgIpc) is 3.34. The number of anilines is 1. The normalized spacial score (nSPS) is 11.7. The Morgan fingerprint density at radius 3 is 2.47 bits per heavy atom. The van der Waals surface area contributed by atoms with Crippen molar-refractivity contribution in [3.05, 3.63) is 59.9 Å². The number of alkyl halides is 3. The third kappa shape index (κ3) is 6.73. The summed E-state index contributed by atoms with van der Waals surface area (Å²) in [6.07, 6.45) is 0.879. The minimum atomic E-state index is -4.50. The molecule has 0 bridgehead atoms. The molecule has 0 fully saturated rings. The van der Waals surface area contributed by atoms with Crippen molar-refractivity contribution in [2.24, 2.45) is 0 Å². The molecule has 0 unspecified atom stereocenters. The summed E-state index contributed by atoms with van der Waals surface area (Å²) in [5, 5.41) is 14.0. The number of amides is 1. The highest BCUT2D eigenvalue weighted by atomic mass is 19.4. The van der Waals surface area contributed by atoms with Crippen LogP contribution in [0, 0.1) is 6.92 Å². The maximum Gasteiger partial charge on any atom is 0.419 e. The first-order valence-corrected chi connectivity index (χ1v) is 10.1. The Balaban J connectivity index is 0.00000129. The number of carboxylic acid groups (broad SMARTS) is 1. The first-order valence-electron chi connectivity index (χ1n) is 10.1. The van der Waals surface area contributed by atoms with Gasteiger partial charge in [0.2, 0.25) is 5.95 Å². The summed E-state index contributed by atoms with van der Waals surface area (Å²) in [5.74, 6) is -0.241. The molecular weight excluding hydrogens is 455 g/mol. The Hall–Kier alpha value is -4.03. The van der Waals surface area contributed by atoms with Gasteiger partial charge in [-0.2, -0.15) is 18.3 Å². The molecule has 3 heterocycles. The fraction of sp³-hybridized carbons (Fsp3) is 0.333. The van der Waals surface area contributed by atoms with Gasteiger partial charge in [0, 0.05) is 50.1 Å². The topological polar surface area (TPSA) is 126 Å². The Bertz CT molecular complexity index is 1070. The van der Waals surface area contributed by atoms with Crippen LogP contribution in [0.2, 0.25) is 0 Å². The lowest BCUT2D eigenvalue weighted by Crippen LogP contribution is -2.42. The number of carbonyl (C=O) groups excluding carboxylic acids is 1. The standard InChI is InChI=1S/C20H22F3N7O.CH2O2/c1-4-15(12-26-19-24-10-14(11-25-19)20(21,22)23)29(3)18(31)17-16(7-6-13(2)28-17)30-9-5-8-27-30;2-1-3/h5-11,15H,4,12H2,1-3H3,(H,24,25,26);1H,(H,2,3)/t15-;/m0./s1. The first kappa shape index (κ1) is 26.2. The van der Waals surface area contributed by atoms with Gasteiger partial charge in [0.15, 0.2) is 5.69 Å². The van der Waals surface area contributed by atoms with Gasteiger partial charge in [0.05, 0.1) is 11.3 Å². The maximum atomic E-state index is 13.2. The van der Waals surface area contributed by atoms with Crippen LogP contribution in [0.1, 0.15) is 35.1 Å². The van der Waals surface area contributed by atoms with E-state index in [9.17, 15) is 18.0 Å². The van der Waals surface area contributed by atoms with Gasteiger partial charge >= 0.3 is 6.18 Å². The monoisotopic (exact) mass is 479 g/mol. The van der Waals surface area contributed by atoms with E-state index in [2.05, 4.69) is 25.4 Å². The highest BCUT2D eigenvalue weighted by Crippen LogP contribution is 2.28. The van der Waals surface area contributed by atoms with Crippen LogP contribution in [0.15, 0.2) is 43.0 Å². The number of carbonyl (C=O) groups is 2. The minimum Gasteiger partial charge on any atom is -0.483 e. The number of aryl methyl sites for hydroxylation is 1.